The van der Waals surface area contributed by atoms with Crippen molar-refractivity contribution in [3.05, 3.63) is 67.5 Å². The fourth-order valence-corrected chi connectivity index (χ4v) is 12.1. The average Bonchev–Trinajstić information content (AvgIpc) is 3.78. The minimum absolute atomic E-state index is 0. The van der Waals surface area contributed by atoms with Crippen molar-refractivity contribution < 1.29 is 21.1 Å². The third kappa shape index (κ3) is 6.61. The Hall–Kier alpha value is -1.06. The molecule has 2 saturated carbocycles. The molecule has 46 heavy (non-hydrogen) atoms. The Morgan fingerprint density at radius 3 is 1.33 bits per heavy atom. The van der Waals surface area contributed by atoms with Crippen molar-refractivity contribution in [3.63, 3.8) is 0 Å². The summed E-state index contributed by atoms with van der Waals surface area (Å²) >= 11 is 12.3. The van der Waals surface area contributed by atoms with Crippen LogP contribution in [0.4, 0.5) is 0 Å². The van der Waals surface area contributed by atoms with E-state index in [0.29, 0.717) is 23.7 Å². The third-order valence-corrected chi connectivity index (χ3v) is 20.2. The van der Waals surface area contributed by atoms with Crippen LogP contribution in [0.5, 0.6) is 0 Å². The van der Waals surface area contributed by atoms with E-state index in [9.17, 15) is 0 Å². The zero-order valence-corrected chi connectivity index (χ0v) is 35.2. The summed E-state index contributed by atoms with van der Waals surface area (Å²) in [7, 11) is -3.47. The summed E-state index contributed by atoms with van der Waals surface area (Å²) < 4.78 is 6.73. The Labute approximate surface area is 306 Å². The number of aromatic nitrogens is 4. The number of allylic oxidation sites excluding steroid dienone is 4. The van der Waals surface area contributed by atoms with Crippen LogP contribution in [-0.4, -0.2) is 35.7 Å². The number of rotatable bonds is 8. The van der Waals surface area contributed by atoms with Crippen molar-refractivity contribution in [1.29, 1.82) is 0 Å². The summed E-state index contributed by atoms with van der Waals surface area (Å²) in [5.41, 5.74) is 11.4. The van der Waals surface area contributed by atoms with E-state index in [2.05, 4.69) is 98.9 Å². The molecule has 0 spiro atoms. The molecular weight excluding hydrogens is 816 g/mol. The van der Waals surface area contributed by atoms with Gasteiger partial charge in [0.25, 0.3) is 0 Å². The van der Waals surface area contributed by atoms with Gasteiger partial charge in [-0.25, -0.2) is 9.36 Å². The molecule has 4 aliphatic rings. The van der Waals surface area contributed by atoms with Crippen molar-refractivity contribution in [3.8, 4) is 0 Å². The maximum Gasteiger partial charge on any atom is 2.00 e. The molecule has 2 unspecified atom stereocenters. The minimum atomic E-state index is -1.73. The van der Waals surface area contributed by atoms with Crippen LogP contribution in [0.2, 0.25) is 26.2 Å². The van der Waals surface area contributed by atoms with E-state index in [-0.39, 0.29) is 26.5 Å². The van der Waals surface area contributed by atoms with Crippen LogP contribution in [-0.2, 0) is 51.7 Å². The van der Waals surface area contributed by atoms with E-state index < -0.39 is 16.1 Å². The second kappa shape index (κ2) is 13.7. The molecule has 4 nitrogen and oxygen atoms in total. The molecule has 252 valence electrons. The molecule has 2 aliphatic carbocycles. The molecule has 6 rings (SSSR count). The van der Waals surface area contributed by atoms with E-state index in [1.54, 1.807) is 0 Å². The molecule has 2 atom stereocenters. The predicted molar refractivity (Wildman–Crippen MR) is 201 cm³/mol. The SMILES string of the molecule is CC(c1cc(C(C)(C)c2cc(C(C)C3CCCCC3)n(C3=C([S-])[Si](C)(C)C=C3)n2)nn1C1=C([S-])[Si](C)(C)C=C1)C1CCCCC1.[Pt+2]. The van der Waals surface area contributed by atoms with Crippen LogP contribution in [0.25, 0.3) is 11.4 Å². The zero-order valence-electron chi connectivity index (χ0n) is 29.3. The summed E-state index contributed by atoms with van der Waals surface area (Å²) in [6, 6.07) is 4.81. The van der Waals surface area contributed by atoms with Crippen LogP contribution in [0.3, 0.4) is 0 Å². The van der Waals surface area contributed by atoms with Gasteiger partial charge < -0.3 is 25.3 Å². The largest absolute Gasteiger partial charge is 2.00 e. The van der Waals surface area contributed by atoms with Gasteiger partial charge in [0.05, 0.1) is 33.0 Å². The molecule has 0 saturated heterocycles. The number of hydrogen-bond donors (Lipinski definition) is 0. The van der Waals surface area contributed by atoms with Crippen molar-refractivity contribution in [1.82, 2.24) is 19.6 Å². The maximum atomic E-state index is 6.13. The van der Waals surface area contributed by atoms with Gasteiger partial charge in [-0.15, -0.1) is 0 Å². The summed E-state index contributed by atoms with van der Waals surface area (Å²) in [5, 5.41) is 10.9. The normalized spacial score (nSPS) is 23.3. The number of hydrogen-bond acceptors (Lipinski definition) is 4. The van der Waals surface area contributed by atoms with E-state index >= 15 is 0 Å². The van der Waals surface area contributed by atoms with Crippen LogP contribution in [0.1, 0.15) is 127 Å². The van der Waals surface area contributed by atoms with Gasteiger partial charge in [0, 0.05) is 34.6 Å². The standard InChI is InChI=1S/C37H56N4S2Si2.Pt/c1-25(27-15-11-9-12-16-27)31-23-33(38-40(31)29-19-21-44(5,6)35(29)42)37(3,4)34-24-32(26(2)28-17-13-10-14-18-28)41(39-34)30-20-22-45(7,8)36(30)43;/h19-28,42-43H,9-18H2,1-8H3;/q;+2/p-2. The molecule has 0 N–H and O–H groups in total. The quantitative estimate of drug-likeness (QED) is 0.196. The molecule has 0 amide bonds. The van der Waals surface area contributed by atoms with Gasteiger partial charge in [0.15, 0.2) is 0 Å². The average molecular weight is 870 g/mol. The van der Waals surface area contributed by atoms with Gasteiger partial charge in [-0.2, -0.15) is 19.3 Å². The zero-order chi connectivity index (χ0) is 32.3. The molecule has 0 aromatic carbocycles. The van der Waals surface area contributed by atoms with E-state index in [1.165, 1.54) is 75.6 Å². The number of nitrogens with zero attached hydrogens (tertiary/aromatic N) is 4. The fourth-order valence-electron chi connectivity index (χ4n) is 8.19. The Balaban J connectivity index is 0.00000417. The Morgan fingerprint density at radius 2 is 1.02 bits per heavy atom. The fraction of sp³-hybridized carbons (Fsp3) is 0.622. The van der Waals surface area contributed by atoms with Gasteiger partial charge in [-0.1, -0.05) is 90.0 Å². The van der Waals surface area contributed by atoms with Gasteiger partial charge in [-0.3, -0.25) is 0 Å². The molecule has 2 aliphatic heterocycles. The second-order valence-corrected chi connectivity index (χ2v) is 26.4. The third-order valence-electron chi connectivity index (χ3n) is 11.8. The Kier molecular flexibility index (Phi) is 10.8. The van der Waals surface area contributed by atoms with Crippen molar-refractivity contribution >= 4 is 52.8 Å². The molecule has 9 heteroatoms. The van der Waals surface area contributed by atoms with Crippen LogP contribution >= 0.6 is 0 Å². The Bertz CT molecular complexity index is 1450. The van der Waals surface area contributed by atoms with Gasteiger partial charge >= 0.3 is 21.1 Å². The first-order valence-corrected chi connectivity index (χ1v) is 24.6. The second-order valence-electron chi connectivity index (χ2n) is 16.3. The predicted octanol–water partition coefficient (Wildman–Crippen LogP) is 9.91. The first-order chi connectivity index (χ1) is 21.2. The summed E-state index contributed by atoms with van der Waals surface area (Å²) in [6.45, 7) is 18.9. The van der Waals surface area contributed by atoms with E-state index in [1.807, 2.05) is 0 Å². The van der Waals surface area contributed by atoms with Crippen molar-refractivity contribution in [2.24, 2.45) is 11.8 Å². The van der Waals surface area contributed by atoms with Crippen LogP contribution < -0.4 is 0 Å². The molecule has 0 radical (unpaired) electrons. The van der Waals surface area contributed by atoms with Gasteiger partial charge in [-0.05, 0) is 75.7 Å². The molecule has 0 bridgehead atoms. The smallest absolute Gasteiger partial charge is 0.786 e. The monoisotopic (exact) mass is 869 g/mol. The van der Waals surface area contributed by atoms with Crippen LogP contribution in [0, 0.1) is 11.8 Å². The topological polar surface area (TPSA) is 35.6 Å². The Morgan fingerprint density at radius 1 is 0.674 bits per heavy atom. The molecule has 4 heterocycles. The molecular formula is C37H54N4PtS2Si2. The minimum Gasteiger partial charge on any atom is -0.786 e. The molecule has 2 aromatic rings. The van der Waals surface area contributed by atoms with E-state index in [4.69, 9.17) is 35.5 Å². The first kappa shape index (κ1) is 36.2. The van der Waals surface area contributed by atoms with Gasteiger partial charge in [0.1, 0.15) is 0 Å². The summed E-state index contributed by atoms with van der Waals surface area (Å²) in [4.78, 5) is 0. The van der Waals surface area contributed by atoms with Crippen LogP contribution in [0.15, 0.2) is 44.7 Å². The molecule has 2 aromatic heterocycles. The summed E-state index contributed by atoms with van der Waals surface area (Å²) in [6.07, 6.45) is 17.8. The van der Waals surface area contributed by atoms with E-state index in [0.717, 1.165) is 31.8 Å². The maximum absolute atomic E-state index is 6.13. The van der Waals surface area contributed by atoms with Crippen molar-refractivity contribution in [2.45, 2.75) is 135 Å². The summed E-state index contributed by atoms with van der Waals surface area (Å²) in [5.74, 6) is 2.24. The van der Waals surface area contributed by atoms with Gasteiger partial charge in [0.2, 0.25) is 0 Å². The van der Waals surface area contributed by atoms with Crippen molar-refractivity contribution in [2.75, 3.05) is 0 Å². The molecule has 2 fully saturated rings. The first-order valence-electron chi connectivity index (χ1n) is 17.7.